The quantitative estimate of drug-likeness (QED) is 0.874. The molecule has 1 aliphatic heterocycles. The summed E-state index contributed by atoms with van der Waals surface area (Å²) >= 11 is 0. The van der Waals surface area contributed by atoms with Crippen molar-refractivity contribution in [2.75, 3.05) is 31.6 Å². The summed E-state index contributed by atoms with van der Waals surface area (Å²) in [7, 11) is 0. The molecule has 2 rings (SSSR count). The number of rotatable bonds is 6. The number of hydrogen-bond acceptors (Lipinski definition) is 4. The van der Waals surface area contributed by atoms with E-state index < -0.39 is 6.09 Å². The summed E-state index contributed by atoms with van der Waals surface area (Å²) in [5.74, 6) is 0.658. The van der Waals surface area contributed by atoms with Crippen molar-refractivity contribution in [3.63, 3.8) is 0 Å². The van der Waals surface area contributed by atoms with Crippen molar-refractivity contribution in [2.45, 2.75) is 39.2 Å². The normalized spacial score (nSPS) is 16.8. The van der Waals surface area contributed by atoms with E-state index in [1.807, 2.05) is 38.1 Å². The number of hydrogen-bond donors (Lipinski definition) is 1. The van der Waals surface area contributed by atoms with Crippen molar-refractivity contribution >= 4 is 11.8 Å². The van der Waals surface area contributed by atoms with E-state index in [0.29, 0.717) is 18.0 Å². The van der Waals surface area contributed by atoms with Gasteiger partial charge in [-0.05, 0) is 51.9 Å². The van der Waals surface area contributed by atoms with Crippen LogP contribution in [0.4, 0.5) is 10.5 Å². The molecule has 1 amide bonds. The van der Waals surface area contributed by atoms with Crippen LogP contribution in [0.1, 0.15) is 33.1 Å². The van der Waals surface area contributed by atoms with Crippen LogP contribution >= 0.6 is 0 Å². The highest BCUT2D eigenvalue weighted by Gasteiger charge is 2.17. The third kappa shape index (κ3) is 5.22. The molecule has 1 aliphatic rings. The molecule has 1 heterocycles. The van der Waals surface area contributed by atoms with Crippen molar-refractivity contribution in [3.8, 4) is 5.75 Å². The molecule has 0 aliphatic carbocycles. The Kier molecular flexibility index (Phi) is 6.52. The number of benzene rings is 1. The van der Waals surface area contributed by atoms with E-state index in [2.05, 4.69) is 10.2 Å². The summed E-state index contributed by atoms with van der Waals surface area (Å²) in [5.41, 5.74) is 0.638. The molecule has 0 unspecified atom stereocenters. The number of carbonyl (C=O) groups is 1. The number of anilines is 1. The average Bonchev–Trinajstić information content (AvgIpc) is 2.50. The van der Waals surface area contributed by atoms with Gasteiger partial charge in [0.2, 0.25) is 0 Å². The van der Waals surface area contributed by atoms with Crippen molar-refractivity contribution in [2.24, 2.45) is 0 Å². The number of carbonyl (C=O) groups excluding carboxylic acids is 1. The summed E-state index contributed by atoms with van der Waals surface area (Å²) in [5, 5.41) is 2.76. The molecule has 1 atom stereocenters. The molecule has 1 saturated heterocycles. The highest BCUT2D eigenvalue weighted by atomic mass is 16.6. The van der Waals surface area contributed by atoms with Crippen molar-refractivity contribution in [1.82, 2.24) is 4.90 Å². The molecule has 0 saturated carbocycles. The van der Waals surface area contributed by atoms with Crippen LogP contribution in [0.3, 0.4) is 0 Å². The lowest BCUT2D eigenvalue weighted by molar-refractivity contribution is 0.0832. The van der Waals surface area contributed by atoms with Crippen molar-refractivity contribution in [3.05, 3.63) is 24.3 Å². The fraction of sp³-hybridized carbons (Fsp3) is 0.588. The standard InChI is InChI=1S/C17H26N2O3/c1-3-21-16-10-6-5-9-15(16)18-17(20)22-14(2)13-19-11-7-4-8-12-19/h5-6,9-10,14H,3-4,7-8,11-13H2,1-2H3,(H,18,20)/t14-/m0/s1. The summed E-state index contributed by atoms with van der Waals surface area (Å²) in [4.78, 5) is 14.4. The van der Waals surface area contributed by atoms with E-state index in [1.54, 1.807) is 0 Å². The first-order valence-electron chi connectivity index (χ1n) is 8.11. The van der Waals surface area contributed by atoms with Gasteiger partial charge in [-0.3, -0.25) is 10.2 Å². The van der Waals surface area contributed by atoms with Crippen LogP contribution in [-0.2, 0) is 4.74 Å². The number of amides is 1. The topological polar surface area (TPSA) is 50.8 Å². The van der Waals surface area contributed by atoms with Gasteiger partial charge in [0.15, 0.2) is 0 Å². The van der Waals surface area contributed by atoms with Crippen LogP contribution in [-0.4, -0.2) is 43.3 Å². The number of likely N-dealkylation sites (tertiary alicyclic amines) is 1. The summed E-state index contributed by atoms with van der Waals surface area (Å²) < 4.78 is 10.9. The maximum absolute atomic E-state index is 12.0. The lowest BCUT2D eigenvalue weighted by atomic mass is 10.1. The number of ether oxygens (including phenoxy) is 2. The highest BCUT2D eigenvalue weighted by molar-refractivity contribution is 5.86. The molecule has 0 spiro atoms. The molecule has 1 fully saturated rings. The summed E-state index contributed by atoms with van der Waals surface area (Å²) in [6.45, 7) is 7.39. The maximum Gasteiger partial charge on any atom is 0.412 e. The van der Waals surface area contributed by atoms with Crippen LogP contribution in [0, 0.1) is 0 Å². The van der Waals surface area contributed by atoms with Crippen LogP contribution in [0.2, 0.25) is 0 Å². The van der Waals surface area contributed by atoms with Crippen LogP contribution in [0.15, 0.2) is 24.3 Å². The number of nitrogens with one attached hydrogen (secondary N) is 1. The molecule has 5 heteroatoms. The highest BCUT2D eigenvalue weighted by Crippen LogP contribution is 2.23. The van der Waals surface area contributed by atoms with E-state index in [9.17, 15) is 4.79 Å². The predicted octanol–water partition coefficient (Wildman–Crippen LogP) is 3.51. The van der Waals surface area contributed by atoms with E-state index in [-0.39, 0.29) is 6.10 Å². The molecule has 0 bridgehead atoms. The monoisotopic (exact) mass is 306 g/mol. The second-order valence-electron chi connectivity index (χ2n) is 5.63. The zero-order chi connectivity index (χ0) is 15.8. The van der Waals surface area contributed by atoms with Crippen LogP contribution in [0.25, 0.3) is 0 Å². The largest absolute Gasteiger partial charge is 0.492 e. The fourth-order valence-electron chi connectivity index (χ4n) is 2.72. The second kappa shape index (κ2) is 8.63. The lowest BCUT2D eigenvalue weighted by Gasteiger charge is -2.28. The van der Waals surface area contributed by atoms with Gasteiger partial charge < -0.3 is 9.47 Å². The molecule has 1 aromatic rings. The molecular weight excluding hydrogens is 280 g/mol. The minimum absolute atomic E-state index is 0.127. The van der Waals surface area contributed by atoms with Gasteiger partial charge in [-0.25, -0.2) is 4.79 Å². The Labute approximate surface area is 132 Å². The van der Waals surface area contributed by atoms with Gasteiger partial charge >= 0.3 is 6.09 Å². The van der Waals surface area contributed by atoms with E-state index in [1.165, 1.54) is 19.3 Å². The zero-order valence-corrected chi connectivity index (χ0v) is 13.5. The first-order chi connectivity index (χ1) is 10.7. The number of piperidine rings is 1. The Hall–Kier alpha value is -1.75. The van der Waals surface area contributed by atoms with Gasteiger partial charge in [-0.1, -0.05) is 18.6 Å². The Morgan fingerprint density at radius 2 is 2.00 bits per heavy atom. The lowest BCUT2D eigenvalue weighted by Crippen LogP contribution is -2.37. The van der Waals surface area contributed by atoms with Crippen LogP contribution < -0.4 is 10.1 Å². The van der Waals surface area contributed by atoms with Gasteiger partial charge in [-0.15, -0.1) is 0 Å². The molecule has 22 heavy (non-hydrogen) atoms. The molecule has 1 aromatic carbocycles. The molecule has 122 valence electrons. The van der Waals surface area contributed by atoms with Gasteiger partial charge in [-0.2, -0.15) is 0 Å². The third-order valence-electron chi connectivity index (χ3n) is 3.70. The van der Waals surface area contributed by atoms with Gasteiger partial charge in [0.05, 0.1) is 12.3 Å². The van der Waals surface area contributed by atoms with Crippen molar-refractivity contribution < 1.29 is 14.3 Å². The Morgan fingerprint density at radius 1 is 1.27 bits per heavy atom. The van der Waals surface area contributed by atoms with Gasteiger partial charge in [0.25, 0.3) is 0 Å². The molecular formula is C17H26N2O3. The van der Waals surface area contributed by atoms with E-state index >= 15 is 0 Å². The van der Waals surface area contributed by atoms with E-state index in [4.69, 9.17) is 9.47 Å². The first-order valence-corrected chi connectivity index (χ1v) is 8.11. The van der Waals surface area contributed by atoms with E-state index in [0.717, 1.165) is 19.6 Å². The molecule has 0 radical (unpaired) electrons. The minimum atomic E-state index is -0.434. The van der Waals surface area contributed by atoms with Gasteiger partial charge in [0, 0.05) is 6.54 Å². The summed E-state index contributed by atoms with van der Waals surface area (Å²) in [6, 6.07) is 7.37. The number of para-hydroxylation sites is 2. The Morgan fingerprint density at radius 3 is 2.73 bits per heavy atom. The second-order valence-corrected chi connectivity index (χ2v) is 5.63. The zero-order valence-electron chi connectivity index (χ0n) is 13.5. The SMILES string of the molecule is CCOc1ccccc1NC(=O)O[C@@H](C)CN1CCCCC1. The molecule has 1 N–H and O–H groups in total. The first kappa shape index (κ1) is 16.6. The Balaban J connectivity index is 1.81. The van der Waals surface area contributed by atoms with Crippen LogP contribution in [0.5, 0.6) is 5.75 Å². The third-order valence-corrected chi connectivity index (χ3v) is 3.70. The van der Waals surface area contributed by atoms with Crippen molar-refractivity contribution in [1.29, 1.82) is 0 Å². The smallest absolute Gasteiger partial charge is 0.412 e. The van der Waals surface area contributed by atoms with Gasteiger partial charge in [0.1, 0.15) is 11.9 Å². The molecule has 0 aromatic heterocycles. The maximum atomic E-state index is 12.0. The average molecular weight is 306 g/mol. The summed E-state index contributed by atoms with van der Waals surface area (Å²) in [6.07, 6.45) is 3.22. The minimum Gasteiger partial charge on any atom is -0.492 e. The number of nitrogens with zero attached hydrogens (tertiary/aromatic N) is 1. The fourth-order valence-corrected chi connectivity index (χ4v) is 2.72. The predicted molar refractivity (Wildman–Crippen MR) is 87.5 cm³/mol. The Bertz CT molecular complexity index is 473. The molecule has 5 nitrogen and oxygen atoms in total.